The van der Waals surface area contributed by atoms with E-state index < -0.39 is 6.67 Å². The number of hydrogen-bond donors (Lipinski definition) is 1. The average Bonchev–Trinajstić information content (AvgIpc) is 3.18. The number of halogens is 1. The number of hydrogen-bond acceptors (Lipinski definition) is 7. The van der Waals surface area contributed by atoms with E-state index in [1.807, 2.05) is 0 Å². The zero-order valence-electron chi connectivity index (χ0n) is 16.2. The molecule has 2 aliphatic rings. The van der Waals surface area contributed by atoms with Crippen molar-refractivity contribution in [3.8, 4) is 0 Å². The standard InChI is InChI=1S/C20H20FN7O2/c21-6-8-26-11-24-16-13(18(26)29)4-1-5-15(16)28-10-12-3-2-7-27(12)17-14(19(28)30)9-23-20(22)25-17/h1,4-5,9,11-12H,2-3,6-8,10H2,(H2,22,23,25)/t12-/m0/s1. The molecule has 2 aromatic heterocycles. The average molecular weight is 409 g/mol. The second-order valence-electron chi connectivity index (χ2n) is 7.48. The van der Waals surface area contributed by atoms with Crippen molar-refractivity contribution in [2.24, 2.45) is 0 Å². The van der Waals surface area contributed by atoms with Crippen molar-refractivity contribution in [2.75, 3.05) is 35.3 Å². The third kappa shape index (κ3) is 2.78. The molecule has 4 heterocycles. The van der Waals surface area contributed by atoms with Crippen LogP contribution in [0, 0.1) is 0 Å². The Morgan fingerprint density at radius 3 is 2.93 bits per heavy atom. The third-order valence-electron chi connectivity index (χ3n) is 5.75. The lowest BCUT2D eigenvalue weighted by molar-refractivity contribution is 0.0988. The van der Waals surface area contributed by atoms with Gasteiger partial charge in [0.2, 0.25) is 5.95 Å². The Bertz CT molecular complexity index is 1210. The zero-order valence-corrected chi connectivity index (χ0v) is 16.2. The number of carbonyl (C=O) groups excluding carboxylic acids is 1. The summed E-state index contributed by atoms with van der Waals surface area (Å²) in [6.07, 6.45) is 4.68. The molecule has 3 aromatic rings. The molecule has 1 atom stereocenters. The van der Waals surface area contributed by atoms with E-state index in [1.165, 1.54) is 17.1 Å². The van der Waals surface area contributed by atoms with Crippen molar-refractivity contribution in [1.82, 2.24) is 19.5 Å². The van der Waals surface area contributed by atoms with Gasteiger partial charge in [-0.2, -0.15) is 4.98 Å². The number of carbonyl (C=O) groups is 1. The maximum absolute atomic E-state index is 13.5. The van der Waals surface area contributed by atoms with E-state index in [0.29, 0.717) is 34.5 Å². The van der Waals surface area contributed by atoms with Crippen LogP contribution in [0.4, 0.5) is 21.8 Å². The van der Waals surface area contributed by atoms with Gasteiger partial charge in [0, 0.05) is 25.3 Å². The predicted molar refractivity (Wildman–Crippen MR) is 110 cm³/mol. The highest BCUT2D eigenvalue weighted by molar-refractivity contribution is 6.12. The van der Waals surface area contributed by atoms with Crippen molar-refractivity contribution < 1.29 is 9.18 Å². The lowest BCUT2D eigenvalue weighted by Crippen LogP contribution is -2.40. The van der Waals surface area contributed by atoms with Crippen molar-refractivity contribution in [3.63, 3.8) is 0 Å². The fourth-order valence-corrected chi connectivity index (χ4v) is 4.35. The molecule has 0 bridgehead atoms. The highest BCUT2D eigenvalue weighted by atomic mass is 19.1. The molecule has 0 radical (unpaired) electrons. The summed E-state index contributed by atoms with van der Waals surface area (Å²) in [6, 6.07) is 5.21. The van der Waals surface area contributed by atoms with Crippen LogP contribution in [0.5, 0.6) is 0 Å². The molecular weight excluding hydrogens is 389 g/mol. The molecule has 30 heavy (non-hydrogen) atoms. The van der Waals surface area contributed by atoms with Gasteiger partial charge in [-0.05, 0) is 25.0 Å². The zero-order chi connectivity index (χ0) is 20.8. The van der Waals surface area contributed by atoms with E-state index in [9.17, 15) is 14.0 Å². The Morgan fingerprint density at radius 1 is 1.23 bits per heavy atom. The quantitative estimate of drug-likeness (QED) is 0.696. The number of para-hydroxylation sites is 1. The first-order valence-electron chi connectivity index (χ1n) is 9.83. The Morgan fingerprint density at radius 2 is 2.10 bits per heavy atom. The monoisotopic (exact) mass is 409 g/mol. The maximum atomic E-state index is 13.5. The van der Waals surface area contributed by atoms with Gasteiger partial charge in [0.15, 0.2) is 0 Å². The normalized spacial score (nSPS) is 18.4. The first-order chi connectivity index (χ1) is 14.6. The van der Waals surface area contributed by atoms with E-state index in [4.69, 9.17) is 5.73 Å². The number of nitrogens with zero attached hydrogens (tertiary/aromatic N) is 6. The number of anilines is 3. The number of amides is 1. The lowest BCUT2D eigenvalue weighted by atomic mass is 10.1. The molecule has 0 spiro atoms. The van der Waals surface area contributed by atoms with Gasteiger partial charge in [0.1, 0.15) is 23.6 Å². The molecule has 2 N–H and O–H groups in total. The van der Waals surface area contributed by atoms with Crippen molar-refractivity contribution in [3.05, 3.63) is 46.6 Å². The summed E-state index contributed by atoms with van der Waals surface area (Å²) in [7, 11) is 0. The first kappa shape index (κ1) is 18.5. The molecule has 1 aromatic carbocycles. The van der Waals surface area contributed by atoms with E-state index in [0.717, 1.165) is 19.4 Å². The minimum absolute atomic E-state index is 0.0577. The molecule has 10 heteroatoms. The number of alkyl halides is 1. The van der Waals surface area contributed by atoms with Crippen LogP contribution < -0.4 is 21.1 Å². The summed E-state index contributed by atoms with van der Waals surface area (Å²) in [6.45, 7) is 0.507. The van der Waals surface area contributed by atoms with Crippen LogP contribution in [0.3, 0.4) is 0 Å². The van der Waals surface area contributed by atoms with Crippen LogP contribution in [0.15, 0.2) is 35.5 Å². The van der Waals surface area contributed by atoms with Crippen molar-refractivity contribution in [2.45, 2.75) is 25.4 Å². The molecule has 1 amide bonds. The highest BCUT2D eigenvalue weighted by Crippen LogP contribution is 2.35. The first-order valence-corrected chi connectivity index (χ1v) is 9.83. The summed E-state index contributed by atoms with van der Waals surface area (Å²) in [5, 5.41) is 0.345. The summed E-state index contributed by atoms with van der Waals surface area (Å²) < 4.78 is 14.0. The van der Waals surface area contributed by atoms with Gasteiger partial charge in [-0.1, -0.05) is 6.07 Å². The largest absolute Gasteiger partial charge is 0.368 e. The van der Waals surface area contributed by atoms with E-state index >= 15 is 0 Å². The minimum atomic E-state index is -0.658. The predicted octanol–water partition coefficient (Wildman–Crippen LogP) is 1.37. The molecular formula is C20H20FN7O2. The van der Waals surface area contributed by atoms with Crippen molar-refractivity contribution >= 4 is 34.3 Å². The van der Waals surface area contributed by atoms with E-state index in [2.05, 4.69) is 19.9 Å². The molecule has 1 fully saturated rings. The van der Waals surface area contributed by atoms with Gasteiger partial charge in [0.05, 0.1) is 23.9 Å². The Balaban J connectivity index is 1.68. The lowest BCUT2D eigenvalue weighted by Gasteiger charge is -2.27. The summed E-state index contributed by atoms with van der Waals surface area (Å²) >= 11 is 0. The molecule has 154 valence electrons. The molecule has 0 aliphatic carbocycles. The molecule has 0 unspecified atom stereocenters. The maximum Gasteiger partial charge on any atom is 0.263 e. The number of benzene rings is 1. The molecule has 1 saturated heterocycles. The van der Waals surface area contributed by atoms with Crippen LogP contribution in [-0.2, 0) is 6.54 Å². The fourth-order valence-electron chi connectivity index (χ4n) is 4.35. The topological polar surface area (TPSA) is 110 Å². The Kier molecular flexibility index (Phi) is 4.34. The number of nitrogens with two attached hydrogens (primary N) is 1. The van der Waals surface area contributed by atoms with Crippen LogP contribution in [-0.4, -0.2) is 51.2 Å². The Hall–Kier alpha value is -3.56. The van der Waals surface area contributed by atoms with Gasteiger partial charge in [-0.15, -0.1) is 0 Å². The molecule has 5 rings (SSSR count). The van der Waals surface area contributed by atoms with Gasteiger partial charge in [-0.25, -0.2) is 14.4 Å². The Labute approximate surface area is 171 Å². The van der Waals surface area contributed by atoms with Gasteiger partial charge in [-0.3, -0.25) is 14.2 Å². The number of rotatable bonds is 3. The van der Waals surface area contributed by atoms with Gasteiger partial charge < -0.3 is 15.5 Å². The van der Waals surface area contributed by atoms with Crippen molar-refractivity contribution in [1.29, 1.82) is 0 Å². The van der Waals surface area contributed by atoms with Crippen LogP contribution in [0.2, 0.25) is 0 Å². The second kappa shape index (κ2) is 7.05. The molecule has 2 aliphatic heterocycles. The highest BCUT2D eigenvalue weighted by Gasteiger charge is 2.38. The molecule has 9 nitrogen and oxygen atoms in total. The van der Waals surface area contributed by atoms with E-state index in [-0.39, 0.29) is 30.0 Å². The SMILES string of the molecule is Nc1ncc2c(n1)N1CCC[C@H]1CN(c1cccc3c(=O)n(CCF)cnc13)C2=O. The van der Waals surface area contributed by atoms with Gasteiger partial charge in [0.25, 0.3) is 11.5 Å². The summed E-state index contributed by atoms with van der Waals surface area (Å²) in [5.41, 5.74) is 6.78. The number of aryl methyl sites for hydroxylation is 1. The second-order valence-corrected chi connectivity index (χ2v) is 7.48. The smallest absolute Gasteiger partial charge is 0.263 e. The third-order valence-corrected chi connectivity index (χ3v) is 5.75. The minimum Gasteiger partial charge on any atom is -0.368 e. The van der Waals surface area contributed by atoms with Crippen LogP contribution in [0.25, 0.3) is 10.9 Å². The van der Waals surface area contributed by atoms with Crippen LogP contribution >= 0.6 is 0 Å². The summed E-state index contributed by atoms with van der Waals surface area (Å²) in [4.78, 5) is 42.7. The fraction of sp³-hybridized carbons (Fsp3) is 0.350. The van der Waals surface area contributed by atoms with Crippen LogP contribution in [0.1, 0.15) is 23.2 Å². The van der Waals surface area contributed by atoms with E-state index in [1.54, 1.807) is 23.1 Å². The number of aromatic nitrogens is 4. The number of nitrogen functional groups attached to an aromatic ring is 1. The van der Waals surface area contributed by atoms with Gasteiger partial charge >= 0.3 is 0 Å². The molecule has 0 saturated carbocycles. The number of fused-ring (bicyclic) bond motifs is 4. The summed E-state index contributed by atoms with van der Waals surface area (Å²) in [5.74, 6) is 0.415.